The van der Waals surface area contributed by atoms with E-state index in [4.69, 9.17) is 0 Å². The van der Waals surface area contributed by atoms with Crippen LogP contribution in [-0.2, 0) is 10.2 Å². The van der Waals surface area contributed by atoms with Crippen molar-refractivity contribution in [2.45, 2.75) is 70.8 Å². The van der Waals surface area contributed by atoms with Crippen LogP contribution in [0.1, 0.15) is 82.1 Å². The van der Waals surface area contributed by atoms with E-state index in [-0.39, 0.29) is 16.7 Å². The predicted molar refractivity (Wildman–Crippen MR) is 89.0 cm³/mol. The monoisotopic (exact) mass is 300 g/mol. The van der Waals surface area contributed by atoms with Gasteiger partial charge in [-0.15, -0.1) is 0 Å². The maximum Gasteiger partial charge on any atom is 0.126 e. The van der Waals surface area contributed by atoms with Gasteiger partial charge >= 0.3 is 0 Å². The summed E-state index contributed by atoms with van der Waals surface area (Å²) in [5, 5.41) is 10.7. The predicted octanol–water partition coefficient (Wildman–Crippen LogP) is 4.51. The van der Waals surface area contributed by atoms with E-state index in [1.54, 1.807) is 0 Å². The van der Waals surface area contributed by atoms with E-state index < -0.39 is 6.10 Å². The molecule has 0 bridgehead atoms. The summed E-state index contributed by atoms with van der Waals surface area (Å²) in [7, 11) is 0. The molecule has 1 aromatic rings. The fourth-order valence-corrected chi connectivity index (χ4v) is 4.99. The molecule has 0 saturated heterocycles. The van der Waals surface area contributed by atoms with Crippen molar-refractivity contribution in [1.82, 2.24) is 0 Å². The topological polar surface area (TPSA) is 37.3 Å². The zero-order chi connectivity index (χ0) is 16.1. The van der Waals surface area contributed by atoms with Crippen LogP contribution in [0.2, 0.25) is 0 Å². The van der Waals surface area contributed by atoms with Crippen LogP contribution < -0.4 is 0 Å². The summed E-state index contributed by atoms with van der Waals surface area (Å²) in [6.45, 7) is 8.76. The zero-order valence-corrected chi connectivity index (χ0v) is 14.2. The quantitative estimate of drug-likeness (QED) is 0.816. The second kappa shape index (κ2) is 5.19. The summed E-state index contributed by atoms with van der Waals surface area (Å²) in [6, 6.07) is 6.62. The van der Waals surface area contributed by atoms with E-state index in [1.165, 1.54) is 11.1 Å². The number of hydrogen-bond acceptors (Lipinski definition) is 2. The third-order valence-electron chi connectivity index (χ3n) is 6.42. The van der Waals surface area contributed by atoms with Crippen LogP contribution in [0.4, 0.5) is 0 Å². The first-order valence-corrected chi connectivity index (χ1v) is 8.60. The lowest BCUT2D eigenvalue weighted by Crippen LogP contribution is -2.50. The Labute approximate surface area is 133 Å². The van der Waals surface area contributed by atoms with Gasteiger partial charge < -0.3 is 9.90 Å². The number of fused-ring (bicyclic) bond motifs is 3. The van der Waals surface area contributed by atoms with Gasteiger partial charge in [-0.1, -0.05) is 52.3 Å². The second-order valence-corrected chi connectivity index (χ2v) is 8.20. The van der Waals surface area contributed by atoms with Gasteiger partial charge in [-0.05, 0) is 53.2 Å². The molecule has 1 saturated carbocycles. The number of aliphatic hydroxyl groups is 1. The van der Waals surface area contributed by atoms with E-state index in [9.17, 15) is 9.90 Å². The van der Waals surface area contributed by atoms with Crippen LogP contribution >= 0.6 is 0 Å². The Balaban J connectivity index is 2.13. The van der Waals surface area contributed by atoms with Crippen LogP contribution in [0.5, 0.6) is 0 Å². The van der Waals surface area contributed by atoms with Gasteiger partial charge in [0.05, 0.1) is 6.10 Å². The smallest absolute Gasteiger partial charge is 0.126 e. The van der Waals surface area contributed by atoms with Crippen molar-refractivity contribution in [3.05, 3.63) is 34.9 Å². The molecule has 0 spiro atoms. The molecule has 1 aromatic carbocycles. The Morgan fingerprint density at radius 2 is 2.00 bits per heavy atom. The summed E-state index contributed by atoms with van der Waals surface area (Å²) in [5.41, 5.74) is 3.36. The molecule has 4 atom stereocenters. The van der Waals surface area contributed by atoms with Gasteiger partial charge in [-0.2, -0.15) is 0 Å². The number of rotatable bonds is 2. The second-order valence-electron chi connectivity index (χ2n) is 8.20. The van der Waals surface area contributed by atoms with Gasteiger partial charge in [0.15, 0.2) is 0 Å². The first-order valence-electron chi connectivity index (χ1n) is 8.60. The third kappa shape index (κ3) is 2.15. The molecule has 0 unspecified atom stereocenters. The van der Waals surface area contributed by atoms with Gasteiger partial charge in [0.2, 0.25) is 0 Å². The lowest BCUT2D eigenvalue weighted by molar-refractivity contribution is -0.124. The SMILES string of the molecule is CC(C)c1ccc2c(c1)[C@@H](O)C[C@@H]1[C@@](C)(C=O)CCC[C@]21C. The van der Waals surface area contributed by atoms with Gasteiger partial charge in [0.25, 0.3) is 0 Å². The molecule has 22 heavy (non-hydrogen) atoms. The number of benzene rings is 1. The molecule has 1 N–H and O–H groups in total. The molecule has 0 radical (unpaired) electrons. The van der Waals surface area contributed by atoms with Crippen LogP contribution in [-0.4, -0.2) is 11.4 Å². The lowest BCUT2D eigenvalue weighted by Gasteiger charge is -2.54. The molecule has 0 aromatic heterocycles. The molecule has 0 aliphatic heterocycles. The summed E-state index contributed by atoms with van der Waals surface area (Å²) in [5.74, 6) is 0.702. The minimum atomic E-state index is -0.441. The van der Waals surface area contributed by atoms with Crippen molar-refractivity contribution in [2.75, 3.05) is 0 Å². The number of carbonyl (C=O) groups excluding carboxylic acids is 1. The van der Waals surface area contributed by atoms with Crippen molar-refractivity contribution in [2.24, 2.45) is 11.3 Å². The fraction of sp³-hybridized carbons (Fsp3) is 0.650. The summed E-state index contributed by atoms with van der Waals surface area (Å²) in [6.07, 6.45) is 4.56. The standard InChI is InChI=1S/C20H28O2/c1-13(2)14-6-7-16-15(10-14)17(22)11-18-19(3,12-21)8-5-9-20(16,18)4/h6-7,10,12-13,17-18,22H,5,8-9,11H2,1-4H3/t17-,18+,19+,20+/m0/s1. The van der Waals surface area contributed by atoms with Crippen LogP contribution in [0.3, 0.4) is 0 Å². The van der Waals surface area contributed by atoms with E-state index in [2.05, 4.69) is 45.9 Å². The number of aliphatic hydroxyl groups excluding tert-OH is 1. The molecule has 0 heterocycles. The molecule has 2 aliphatic rings. The minimum absolute atomic E-state index is 0.0119. The largest absolute Gasteiger partial charge is 0.388 e. The van der Waals surface area contributed by atoms with Crippen molar-refractivity contribution >= 4 is 6.29 Å². The van der Waals surface area contributed by atoms with Crippen molar-refractivity contribution in [3.63, 3.8) is 0 Å². The third-order valence-corrected chi connectivity index (χ3v) is 6.42. The first-order chi connectivity index (χ1) is 10.3. The summed E-state index contributed by atoms with van der Waals surface area (Å²) in [4.78, 5) is 11.8. The highest BCUT2D eigenvalue weighted by atomic mass is 16.3. The van der Waals surface area contributed by atoms with Crippen molar-refractivity contribution < 1.29 is 9.90 Å². The van der Waals surface area contributed by atoms with Gasteiger partial charge in [0.1, 0.15) is 6.29 Å². The van der Waals surface area contributed by atoms with E-state index in [0.29, 0.717) is 12.3 Å². The number of hydrogen-bond donors (Lipinski definition) is 1. The Morgan fingerprint density at radius 1 is 1.27 bits per heavy atom. The maximum absolute atomic E-state index is 11.8. The van der Waals surface area contributed by atoms with Crippen molar-refractivity contribution in [1.29, 1.82) is 0 Å². The van der Waals surface area contributed by atoms with Gasteiger partial charge in [-0.3, -0.25) is 0 Å². The molecule has 2 heteroatoms. The Morgan fingerprint density at radius 3 is 2.64 bits per heavy atom. The molecule has 2 aliphatic carbocycles. The number of carbonyl (C=O) groups is 1. The first kappa shape index (κ1) is 15.7. The highest BCUT2D eigenvalue weighted by Gasteiger charge is 2.53. The molecule has 1 fully saturated rings. The maximum atomic E-state index is 11.8. The van der Waals surface area contributed by atoms with Crippen molar-refractivity contribution in [3.8, 4) is 0 Å². The molecule has 3 rings (SSSR count). The zero-order valence-electron chi connectivity index (χ0n) is 14.2. The van der Waals surface area contributed by atoms with Gasteiger partial charge in [0, 0.05) is 5.41 Å². The molecule has 0 amide bonds. The summed E-state index contributed by atoms with van der Waals surface area (Å²) < 4.78 is 0. The van der Waals surface area contributed by atoms with Gasteiger partial charge in [-0.25, -0.2) is 0 Å². The molecular weight excluding hydrogens is 272 g/mol. The normalized spacial score (nSPS) is 37.5. The van der Waals surface area contributed by atoms with Crippen LogP contribution in [0, 0.1) is 11.3 Å². The Bertz CT molecular complexity index is 591. The summed E-state index contributed by atoms with van der Waals surface area (Å²) >= 11 is 0. The molecule has 120 valence electrons. The van der Waals surface area contributed by atoms with E-state index in [1.807, 2.05) is 0 Å². The lowest BCUT2D eigenvalue weighted by atomic mass is 9.49. The highest BCUT2D eigenvalue weighted by Crippen LogP contribution is 2.58. The minimum Gasteiger partial charge on any atom is -0.388 e. The van der Waals surface area contributed by atoms with Crippen LogP contribution in [0.15, 0.2) is 18.2 Å². The van der Waals surface area contributed by atoms with Crippen LogP contribution in [0.25, 0.3) is 0 Å². The fourth-order valence-electron chi connectivity index (χ4n) is 4.99. The average Bonchev–Trinajstić information content (AvgIpc) is 2.49. The highest BCUT2D eigenvalue weighted by molar-refractivity contribution is 5.61. The van der Waals surface area contributed by atoms with E-state index >= 15 is 0 Å². The molecular formula is C20H28O2. The Kier molecular flexibility index (Phi) is 3.71. The Hall–Kier alpha value is -1.15. The van der Waals surface area contributed by atoms with E-state index in [0.717, 1.165) is 31.1 Å². The average molecular weight is 300 g/mol. The molecule has 2 nitrogen and oxygen atoms in total. The number of aldehydes is 1.